The van der Waals surface area contributed by atoms with Gasteiger partial charge in [-0.2, -0.15) is 0 Å². The molecular formula is C15H24N4O2. The third kappa shape index (κ3) is 4.58. The first-order valence-corrected chi connectivity index (χ1v) is 7.37. The number of nitrogens with zero attached hydrogens (tertiary/aromatic N) is 3. The van der Waals surface area contributed by atoms with E-state index >= 15 is 0 Å². The first-order valence-electron chi connectivity index (χ1n) is 7.37. The standard InChI is InChI=1S/C15H24N4O2/c1-11-13(17-8-7-16-11)19-9-5-12(6-10-19)18-14(20)21-15(2,3)4/h7-8,12H,5-6,9-10H2,1-4H3,(H,18,20). The largest absolute Gasteiger partial charge is 0.444 e. The van der Waals surface area contributed by atoms with E-state index in [9.17, 15) is 4.79 Å². The van der Waals surface area contributed by atoms with Crippen LogP contribution in [-0.2, 0) is 4.74 Å². The van der Waals surface area contributed by atoms with E-state index in [1.807, 2.05) is 27.7 Å². The lowest BCUT2D eigenvalue weighted by atomic mass is 10.1. The van der Waals surface area contributed by atoms with Gasteiger partial charge in [0.05, 0.1) is 5.69 Å². The highest BCUT2D eigenvalue weighted by Crippen LogP contribution is 2.20. The van der Waals surface area contributed by atoms with Gasteiger partial charge in [0, 0.05) is 31.5 Å². The number of carbonyl (C=O) groups excluding carboxylic acids is 1. The lowest BCUT2D eigenvalue weighted by Gasteiger charge is -2.33. The molecule has 21 heavy (non-hydrogen) atoms. The molecule has 0 bridgehead atoms. The van der Waals surface area contributed by atoms with Gasteiger partial charge in [-0.3, -0.25) is 4.98 Å². The van der Waals surface area contributed by atoms with Crippen LogP contribution in [0, 0.1) is 6.92 Å². The number of anilines is 1. The summed E-state index contributed by atoms with van der Waals surface area (Å²) < 4.78 is 5.29. The van der Waals surface area contributed by atoms with Crippen LogP contribution in [0.1, 0.15) is 39.3 Å². The fourth-order valence-corrected chi connectivity index (χ4v) is 2.42. The number of aryl methyl sites for hydroxylation is 1. The average Bonchev–Trinajstić information content (AvgIpc) is 2.38. The number of nitrogens with one attached hydrogen (secondary N) is 1. The number of hydrogen-bond acceptors (Lipinski definition) is 5. The summed E-state index contributed by atoms with van der Waals surface area (Å²) >= 11 is 0. The van der Waals surface area contributed by atoms with E-state index < -0.39 is 5.60 Å². The molecule has 6 heteroatoms. The maximum absolute atomic E-state index is 11.8. The van der Waals surface area contributed by atoms with E-state index in [0.29, 0.717) is 0 Å². The van der Waals surface area contributed by atoms with Crippen molar-refractivity contribution in [1.82, 2.24) is 15.3 Å². The van der Waals surface area contributed by atoms with Crippen LogP contribution in [0.5, 0.6) is 0 Å². The molecule has 1 aromatic rings. The Morgan fingerprint density at radius 2 is 1.90 bits per heavy atom. The Morgan fingerprint density at radius 3 is 2.48 bits per heavy atom. The number of rotatable bonds is 2. The highest BCUT2D eigenvalue weighted by molar-refractivity contribution is 5.68. The highest BCUT2D eigenvalue weighted by Gasteiger charge is 2.24. The molecule has 1 aromatic heterocycles. The van der Waals surface area contributed by atoms with Crippen molar-refractivity contribution >= 4 is 11.9 Å². The Kier molecular flexibility index (Phi) is 4.65. The molecule has 1 N–H and O–H groups in total. The number of carbonyl (C=O) groups is 1. The lowest BCUT2D eigenvalue weighted by molar-refractivity contribution is 0.0497. The summed E-state index contributed by atoms with van der Waals surface area (Å²) in [5.41, 5.74) is 0.484. The van der Waals surface area contributed by atoms with Crippen molar-refractivity contribution in [2.75, 3.05) is 18.0 Å². The zero-order valence-corrected chi connectivity index (χ0v) is 13.2. The maximum Gasteiger partial charge on any atom is 0.407 e. The molecule has 0 saturated carbocycles. The summed E-state index contributed by atoms with van der Waals surface area (Å²) in [7, 11) is 0. The summed E-state index contributed by atoms with van der Waals surface area (Å²) in [6.45, 7) is 9.29. The first-order chi connectivity index (χ1) is 9.85. The maximum atomic E-state index is 11.8. The van der Waals surface area contributed by atoms with Gasteiger partial charge in [0.25, 0.3) is 0 Å². The molecule has 1 saturated heterocycles. The number of alkyl carbamates (subject to hydrolysis) is 1. The van der Waals surface area contributed by atoms with Crippen molar-refractivity contribution in [3.8, 4) is 0 Å². The summed E-state index contributed by atoms with van der Waals surface area (Å²) in [6, 6.07) is 0.160. The molecule has 1 aliphatic rings. The van der Waals surface area contributed by atoms with E-state index in [-0.39, 0.29) is 12.1 Å². The number of amides is 1. The quantitative estimate of drug-likeness (QED) is 0.905. The predicted molar refractivity (Wildman–Crippen MR) is 81.4 cm³/mol. The monoisotopic (exact) mass is 292 g/mol. The van der Waals surface area contributed by atoms with Gasteiger partial charge in [-0.15, -0.1) is 0 Å². The Balaban J connectivity index is 1.84. The van der Waals surface area contributed by atoms with Gasteiger partial charge in [-0.1, -0.05) is 0 Å². The van der Waals surface area contributed by atoms with Gasteiger partial charge in [0.15, 0.2) is 0 Å². The molecule has 2 rings (SSSR count). The Hall–Kier alpha value is -1.85. The lowest BCUT2D eigenvalue weighted by Crippen LogP contribution is -2.46. The van der Waals surface area contributed by atoms with Crippen molar-refractivity contribution in [3.63, 3.8) is 0 Å². The average molecular weight is 292 g/mol. The molecule has 0 radical (unpaired) electrons. The van der Waals surface area contributed by atoms with Gasteiger partial charge < -0.3 is 15.0 Å². The zero-order valence-electron chi connectivity index (χ0n) is 13.2. The third-order valence-corrected chi connectivity index (χ3v) is 3.37. The second-order valence-corrected chi connectivity index (χ2v) is 6.37. The molecule has 0 atom stereocenters. The minimum atomic E-state index is -0.457. The number of aromatic nitrogens is 2. The second kappa shape index (κ2) is 6.28. The number of piperidine rings is 1. The third-order valence-electron chi connectivity index (χ3n) is 3.37. The summed E-state index contributed by atoms with van der Waals surface area (Å²) in [5.74, 6) is 0.938. The summed E-state index contributed by atoms with van der Waals surface area (Å²) in [5, 5.41) is 2.94. The van der Waals surface area contributed by atoms with Crippen molar-refractivity contribution in [2.45, 2.75) is 52.2 Å². The van der Waals surface area contributed by atoms with Crippen LogP contribution in [0.25, 0.3) is 0 Å². The molecule has 0 unspecified atom stereocenters. The molecule has 2 heterocycles. The molecule has 1 amide bonds. The summed E-state index contributed by atoms with van der Waals surface area (Å²) in [4.78, 5) is 22.6. The van der Waals surface area contributed by atoms with Crippen LogP contribution in [0.4, 0.5) is 10.6 Å². The van der Waals surface area contributed by atoms with Gasteiger partial charge >= 0.3 is 6.09 Å². The van der Waals surface area contributed by atoms with Crippen molar-refractivity contribution in [3.05, 3.63) is 18.1 Å². The van der Waals surface area contributed by atoms with Crippen LogP contribution >= 0.6 is 0 Å². The van der Waals surface area contributed by atoms with Crippen molar-refractivity contribution in [2.24, 2.45) is 0 Å². The SMILES string of the molecule is Cc1nccnc1N1CCC(NC(=O)OC(C)(C)C)CC1. The Bertz CT molecular complexity index is 491. The smallest absolute Gasteiger partial charge is 0.407 e. The predicted octanol–water partition coefficient (Wildman–Crippen LogP) is 2.28. The van der Waals surface area contributed by atoms with E-state index in [4.69, 9.17) is 4.74 Å². The van der Waals surface area contributed by atoms with Crippen LogP contribution in [0.2, 0.25) is 0 Å². The first kappa shape index (κ1) is 15.5. The topological polar surface area (TPSA) is 67.4 Å². The highest BCUT2D eigenvalue weighted by atomic mass is 16.6. The molecule has 116 valence electrons. The molecule has 1 aliphatic heterocycles. The minimum Gasteiger partial charge on any atom is -0.444 e. The van der Waals surface area contributed by atoms with E-state index in [1.54, 1.807) is 12.4 Å². The van der Waals surface area contributed by atoms with Crippen LogP contribution in [0.3, 0.4) is 0 Å². The van der Waals surface area contributed by atoms with Crippen LogP contribution in [-0.4, -0.2) is 40.8 Å². The molecule has 0 aliphatic carbocycles. The Labute approximate surface area is 125 Å². The van der Waals surface area contributed by atoms with Crippen LogP contribution in [0.15, 0.2) is 12.4 Å². The zero-order chi connectivity index (χ0) is 15.5. The molecule has 1 fully saturated rings. The number of ether oxygens (including phenoxy) is 1. The molecule has 0 aromatic carbocycles. The van der Waals surface area contributed by atoms with Gasteiger partial charge in [0.2, 0.25) is 0 Å². The van der Waals surface area contributed by atoms with Crippen molar-refractivity contribution in [1.29, 1.82) is 0 Å². The van der Waals surface area contributed by atoms with Gasteiger partial charge in [-0.25, -0.2) is 9.78 Å². The number of hydrogen-bond donors (Lipinski definition) is 1. The van der Waals surface area contributed by atoms with Crippen molar-refractivity contribution < 1.29 is 9.53 Å². The minimum absolute atomic E-state index is 0.160. The van der Waals surface area contributed by atoms with Crippen LogP contribution < -0.4 is 10.2 Å². The van der Waals surface area contributed by atoms with Gasteiger partial charge in [-0.05, 0) is 40.5 Å². The van der Waals surface area contributed by atoms with E-state index in [1.165, 1.54) is 0 Å². The van der Waals surface area contributed by atoms with E-state index in [0.717, 1.165) is 37.4 Å². The van der Waals surface area contributed by atoms with Gasteiger partial charge in [0.1, 0.15) is 11.4 Å². The molecule has 0 spiro atoms. The Morgan fingerprint density at radius 1 is 1.29 bits per heavy atom. The summed E-state index contributed by atoms with van der Waals surface area (Å²) in [6.07, 6.45) is 4.85. The second-order valence-electron chi connectivity index (χ2n) is 6.37. The van der Waals surface area contributed by atoms with E-state index in [2.05, 4.69) is 20.2 Å². The molecule has 6 nitrogen and oxygen atoms in total. The normalized spacial score (nSPS) is 16.7. The fraction of sp³-hybridized carbons (Fsp3) is 0.667. The molecular weight excluding hydrogens is 268 g/mol. The fourth-order valence-electron chi connectivity index (χ4n) is 2.42.